The standard InChI is InChI=1S/C25H21N3O3/c29-23(19-10-5-4-9-18(19)16-7-2-1-3-8-16)26-17-12-13-21-20(15-17)25(31)28-14-6-11-22(28)24(30)27-21/h1-5,7-10,12-13,15,22H,6,11,14H2,(H,26,29)(H,27,30)/t22-/m0/s1. The topological polar surface area (TPSA) is 78.5 Å². The van der Waals surface area contributed by atoms with E-state index in [2.05, 4.69) is 10.6 Å². The minimum Gasteiger partial charge on any atom is -0.327 e. The van der Waals surface area contributed by atoms with E-state index in [0.29, 0.717) is 35.5 Å². The summed E-state index contributed by atoms with van der Waals surface area (Å²) >= 11 is 0. The summed E-state index contributed by atoms with van der Waals surface area (Å²) in [5, 5.41) is 5.76. The minimum absolute atomic E-state index is 0.154. The maximum absolute atomic E-state index is 13.1. The van der Waals surface area contributed by atoms with Gasteiger partial charge in [0.1, 0.15) is 6.04 Å². The number of rotatable bonds is 3. The first-order valence-electron chi connectivity index (χ1n) is 10.3. The average molecular weight is 411 g/mol. The zero-order valence-corrected chi connectivity index (χ0v) is 16.8. The van der Waals surface area contributed by atoms with Crippen LogP contribution < -0.4 is 10.6 Å². The molecule has 6 nitrogen and oxygen atoms in total. The van der Waals surface area contributed by atoms with Gasteiger partial charge in [-0.3, -0.25) is 14.4 Å². The van der Waals surface area contributed by atoms with E-state index in [1.54, 1.807) is 29.2 Å². The van der Waals surface area contributed by atoms with Crippen molar-refractivity contribution < 1.29 is 14.4 Å². The molecule has 0 aliphatic carbocycles. The monoisotopic (exact) mass is 411 g/mol. The third kappa shape index (κ3) is 3.46. The second-order valence-electron chi connectivity index (χ2n) is 7.77. The third-order valence-electron chi connectivity index (χ3n) is 5.84. The molecular formula is C25H21N3O3. The maximum Gasteiger partial charge on any atom is 0.256 e. The first kappa shape index (κ1) is 19.1. The van der Waals surface area contributed by atoms with Crippen molar-refractivity contribution in [3.05, 3.63) is 83.9 Å². The van der Waals surface area contributed by atoms with Crippen molar-refractivity contribution in [3.63, 3.8) is 0 Å². The van der Waals surface area contributed by atoms with Crippen LogP contribution in [0.25, 0.3) is 11.1 Å². The van der Waals surface area contributed by atoms with E-state index in [1.165, 1.54) is 0 Å². The van der Waals surface area contributed by atoms with Gasteiger partial charge in [0.25, 0.3) is 11.8 Å². The quantitative estimate of drug-likeness (QED) is 0.679. The molecule has 6 heteroatoms. The van der Waals surface area contributed by atoms with Crippen molar-refractivity contribution in [1.82, 2.24) is 4.90 Å². The van der Waals surface area contributed by atoms with Gasteiger partial charge in [0, 0.05) is 17.8 Å². The lowest BCUT2D eigenvalue weighted by molar-refractivity contribution is -0.119. The van der Waals surface area contributed by atoms with Crippen LogP contribution in [0.15, 0.2) is 72.8 Å². The number of carbonyl (C=O) groups excluding carboxylic acids is 3. The van der Waals surface area contributed by atoms with Crippen molar-refractivity contribution in [1.29, 1.82) is 0 Å². The molecule has 0 bridgehead atoms. The molecule has 0 radical (unpaired) electrons. The molecule has 2 heterocycles. The molecule has 0 spiro atoms. The van der Waals surface area contributed by atoms with Crippen molar-refractivity contribution in [2.45, 2.75) is 18.9 Å². The highest BCUT2D eigenvalue weighted by atomic mass is 16.2. The van der Waals surface area contributed by atoms with Gasteiger partial charge in [-0.05, 0) is 48.2 Å². The average Bonchev–Trinajstić information content (AvgIpc) is 3.27. The van der Waals surface area contributed by atoms with Gasteiger partial charge in [-0.15, -0.1) is 0 Å². The molecule has 3 aromatic rings. The fourth-order valence-electron chi connectivity index (χ4n) is 4.31. The molecule has 2 N–H and O–H groups in total. The van der Waals surface area contributed by atoms with E-state index in [0.717, 1.165) is 17.5 Å². The number of benzene rings is 3. The van der Waals surface area contributed by atoms with Crippen LogP contribution in [0.2, 0.25) is 0 Å². The summed E-state index contributed by atoms with van der Waals surface area (Å²) in [5.41, 5.74) is 3.71. The summed E-state index contributed by atoms with van der Waals surface area (Å²) < 4.78 is 0. The zero-order valence-electron chi connectivity index (χ0n) is 16.8. The van der Waals surface area contributed by atoms with Crippen LogP contribution in [-0.2, 0) is 4.79 Å². The predicted octanol–water partition coefficient (Wildman–Crippen LogP) is 4.16. The number of anilines is 2. The van der Waals surface area contributed by atoms with Crippen LogP contribution in [0.1, 0.15) is 33.6 Å². The number of hydrogen-bond acceptors (Lipinski definition) is 3. The van der Waals surface area contributed by atoms with Gasteiger partial charge in [-0.25, -0.2) is 0 Å². The van der Waals surface area contributed by atoms with E-state index in [9.17, 15) is 14.4 Å². The summed E-state index contributed by atoms with van der Waals surface area (Å²) in [4.78, 5) is 40.2. The van der Waals surface area contributed by atoms with Gasteiger partial charge in [0.15, 0.2) is 0 Å². The minimum atomic E-state index is -0.421. The van der Waals surface area contributed by atoms with Gasteiger partial charge >= 0.3 is 0 Å². The Labute approximate surface area is 179 Å². The number of nitrogens with one attached hydrogen (secondary N) is 2. The first-order chi connectivity index (χ1) is 15.1. The predicted molar refractivity (Wildman–Crippen MR) is 119 cm³/mol. The molecule has 3 aromatic carbocycles. The third-order valence-corrected chi connectivity index (χ3v) is 5.84. The number of amides is 3. The smallest absolute Gasteiger partial charge is 0.256 e. The number of hydrogen-bond donors (Lipinski definition) is 2. The van der Waals surface area contributed by atoms with Gasteiger partial charge in [-0.2, -0.15) is 0 Å². The largest absolute Gasteiger partial charge is 0.327 e. The van der Waals surface area contributed by atoms with Gasteiger partial charge in [-0.1, -0.05) is 48.5 Å². The Hall–Kier alpha value is -3.93. The van der Waals surface area contributed by atoms with E-state index < -0.39 is 6.04 Å². The fourth-order valence-corrected chi connectivity index (χ4v) is 4.31. The Kier molecular flexibility index (Phi) is 4.75. The van der Waals surface area contributed by atoms with Crippen LogP contribution in [-0.4, -0.2) is 35.2 Å². The highest BCUT2D eigenvalue weighted by molar-refractivity contribution is 6.12. The van der Waals surface area contributed by atoms with Crippen molar-refractivity contribution >= 4 is 29.1 Å². The van der Waals surface area contributed by atoms with E-state index in [1.807, 2.05) is 48.5 Å². The van der Waals surface area contributed by atoms with Crippen LogP contribution >= 0.6 is 0 Å². The van der Waals surface area contributed by atoms with Crippen molar-refractivity contribution in [3.8, 4) is 11.1 Å². The molecule has 0 aromatic heterocycles. The number of fused-ring (bicyclic) bond motifs is 2. The molecule has 1 fully saturated rings. The van der Waals surface area contributed by atoms with Crippen molar-refractivity contribution in [2.75, 3.05) is 17.2 Å². The summed E-state index contributed by atoms with van der Waals surface area (Å²) in [7, 11) is 0. The summed E-state index contributed by atoms with van der Waals surface area (Å²) in [6.45, 7) is 0.567. The number of nitrogens with zero attached hydrogens (tertiary/aromatic N) is 1. The highest BCUT2D eigenvalue weighted by Gasteiger charge is 2.38. The summed E-state index contributed by atoms with van der Waals surface area (Å²) in [5.74, 6) is -0.599. The molecule has 2 aliphatic heterocycles. The molecule has 154 valence electrons. The van der Waals surface area contributed by atoms with E-state index in [-0.39, 0.29) is 17.7 Å². The lowest BCUT2D eigenvalue weighted by Crippen LogP contribution is -2.40. The van der Waals surface area contributed by atoms with Crippen molar-refractivity contribution in [2.24, 2.45) is 0 Å². The van der Waals surface area contributed by atoms with Gasteiger partial charge in [0.2, 0.25) is 5.91 Å². The Morgan fingerprint density at radius 1 is 0.935 bits per heavy atom. The fraction of sp³-hybridized carbons (Fsp3) is 0.160. The van der Waals surface area contributed by atoms with E-state index >= 15 is 0 Å². The SMILES string of the molecule is O=C(Nc1ccc2c(c1)C(=O)N1CCC[C@H]1C(=O)N2)c1ccccc1-c1ccccc1. The molecule has 0 saturated carbocycles. The molecule has 5 rings (SSSR count). The molecule has 0 unspecified atom stereocenters. The van der Waals surface area contributed by atoms with Crippen LogP contribution in [0, 0.1) is 0 Å². The Morgan fingerprint density at radius 3 is 2.55 bits per heavy atom. The Morgan fingerprint density at radius 2 is 1.71 bits per heavy atom. The Balaban J connectivity index is 1.45. The molecular weight excluding hydrogens is 390 g/mol. The molecule has 1 saturated heterocycles. The molecule has 1 atom stereocenters. The highest BCUT2D eigenvalue weighted by Crippen LogP contribution is 2.31. The van der Waals surface area contributed by atoms with Crippen LogP contribution in [0.5, 0.6) is 0 Å². The summed E-state index contributed by atoms with van der Waals surface area (Å²) in [6, 6.07) is 21.7. The van der Waals surface area contributed by atoms with Crippen LogP contribution in [0.4, 0.5) is 11.4 Å². The lowest BCUT2D eigenvalue weighted by atomic mass is 9.99. The second-order valence-corrected chi connectivity index (χ2v) is 7.77. The maximum atomic E-state index is 13.1. The molecule has 2 aliphatic rings. The molecule has 31 heavy (non-hydrogen) atoms. The normalized spacial score (nSPS) is 17.4. The van der Waals surface area contributed by atoms with E-state index in [4.69, 9.17) is 0 Å². The van der Waals surface area contributed by atoms with Crippen LogP contribution in [0.3, 0.4) is 0 Å². The lowest BCUT2D eigenvalue weighted by Gasteiger charge is -2.20. The number of carbonyl (C=O) groups is 3. The Bertz CT molecular complexity index is 1190. The van der Waals surface area contributed by atoms with Gasteiger partial charge < -0.3 is 15.5 Å². The molecule has 3 amide bonds. The zero-order chi connectivity index (χ0) is 21.4. The second kappa shape index (κ2) is 7.72. The van der Waals surface area contributed by atoms with Gasteiger partial charge in [0.05, 0.1) is 11.3 Å². The first-order valence-corrected chi connectivity index (χ1v) is 10.3. The summed E-state index contributed by atoms with van der Waals surface area (Å²) in [6.07, 6.45) is 1.48.